The van der Waals surface area contributed by atoms with Gasteiger partial charge in [0.25, 0.3) is 0 Å². The van der Waals surface area contributed by atoms with Crippen molar-refractivity contribution >= 4 is 23.1 Å². The second-order valence-electron chi connectivity index (χ2n) is 9.02. The highest BCUT2D eigenvalue weighted by atomic mass is 16.5. The number of likely N-dealkylation sites (tertiary alicyclic amines) is 1. The maximum atomic E-state index is 5.55. The molecule has 2 fully saturated rings. The maximum absolute atomic E-state index is 5.55. The zero-order valence-electron chi connectivity index (χ0n) is 19.4. The van der Waals surface area contributed by atoms with Gasteiger partial charge in [-0.25, -0.2) is 4.98 Å². The topological polar surface area (TPSA) is 74.3 Å². The third-order valence-electron chi connectivity index (χ3n) is 6.58. The molecule has 3 N–H and O–H groups in total. The molecule has 7 nitrogen and oxygen atoms in total. The minimum atomic E-state index is 0.572. The molecule has 1 aromatic heterocycles. The molecule has 1 aliphatic carbocycles. The summed E-state index contributed by atoms with van der Waals surface area (Å²) in [7, 11) is 1.69. The van der Waals surface area contributed by atoms with E-state index in [4.69, 9.17) is 4.74 Å². The third-order valence-corrected chi connectivity index (χ3v) is 6.58. The number of nitrogens with one attached hydrogen (secondary N) is 3. The van der Waals surface area contributed by atoms with Crippen molar-refractivity contribution in [1.29, 1.82) is 0 Å². The Morgan fingerprint density at radius 2 is 1.88 bits per heavy atom. The normalized spacial score (nSPS) is 17.3. The quantitative estimate of drug-likeness (QED) is 0.421. The Morgan fingerprint density at radius 3 is 2.69 bits per heavy atom. The van der Waals surface area contributed by atoms with Crippen LogP contribution in [-0.4, -0.2) is 54.7 Å². The van der Waals surface area contributed by atoms with Crippen LogP contribution in [0.4, 0.5) is 23.1 Å². The van der Waals surface area contributed by atoms with E-state index in [9.17, 15) is 0 Å². The molecule has 0 spiro atoms. The van der Waals surface area contributed by atoms with Crippen molar-refractivity contribution in [2.45, 2.75) is 51.4 Å². The van der Waals surface area contributed by atoms with Crippen LogP contribution < -0.4 is 20.7 Å². The summed E-state index contributed by atoms with van der Waals surface area (Å²) in [6, 6.07) is 8.04. The first-order valence-corrected chi connectivity index (χ1v) is 12.3. The Kier molecular flexibility index (Phi) is 8.42. The van der Waals surface area contributed by atoms with Crippen molar-refractivity contribution in [3.8, 4) is 5.75 Å². The van der Waals surface area contributed by atoms with E-state index in [-0.39, 0.29) is 0 Å². The molecule has 0 amide bonds. The molecule has 1 aromatic carbocycles. The number of methoxy groups -OCH3 is 1. The van der Waals surface area contributed by atoms with Crippen LogP contribution in [0.3, 0.4) is 0 Å². The summed E-state index contributed by atoms with van der Waals surface area (Å²) in [5.74, 6) is 2.96. The van der Waals surface area contributed by atoms with Crippen molar-refractivity contribution in [2.75, 3.05) is 55.8 Å². The van der Waals surface area contributed by atoms with Gasteiger partial charge in [0.15, 0.2) is 0 Å². The highest BCUT2D eigenvalue weighted by Crippen LogP contribution is 2.30. The zero-order chi connectivity index (χ0) is 22.0. The Bertz CT molecular complexity index is 833. The molecule has 4 rings (SSSR count). The summed E-state index contributed by atoms with van der Waals surface area (Å²) in [5, 5.41) is 10.4. The average molecular weight is 439 g/mol. The molecule has 2 aliphatic rings. The van der Waals surface area contributed by atoms with Crippen molar-refractivity contribution in [1.82, 2.24) is 14.9 Å². The smallest absolute Gasteiger partial charge is 0.229 e. The van der Waals surface area contributed by atoms with Crippen LogP contribution in [0.1, 0.15) is 51.4 Å². The van der Waals surface area contributed by atoms with E-state index in [1.165, 1.54) is 64.6 Å². The molecule has 0 radical (unpaired) electrons. The lowest BCUT2D eigenvalue weighted by Crippen LogP contribution is -2.22. The molecule has 0 atom stereocenters. The Hall–Kier alpha value is -2.54. The molecule has 174 valence electrons. The first-order valence-electron chi connectivity index (χ1n) is 12.3. The predicted octanol–water partition coefficient (Wildman–Crippen LogP) is 5.12. The van der Waals surface area contributed by atoms with Gasteiger partial charge in [-0.3, -0.25) is 0 Å². The van der Waals surface area contributed by atoms with Crippen LogP contribution in [0, 0.1) is 5.92 Å². The highest BCUT2D eigenvalue weighted by molar-refractivity contribution is 5.69. The van der Waals surface area contributed by atoms with E-state index in [2.05, 4.69) is 43.0 Å². The van der Waals surface area contributed by atoms with Gasteiger partial charge in [-0.15, -0.1) is 0 Å². The van der Waals surface area contributed by atoms with Gasteiger partial charge in [-0.1, -0.05) is 19.3 Å². The van der Waals surface area contributed by atoms with Gasteiger partial charge in [0, 0.05) is 25.0 Å². The minimum Gasteiger partial charge on any atom is -0.495 e. The van der Waals surface area contributed by atoms with Crippen LogP contribution in [0.25, 0.3) is 0 Å². The van der Waals surface area contributed by atoms with Gasteiger partial charge in [0.05, 0.1) is 12.8 Å². The van der Waals surface area contributed by atoms with E-state index in [1.807, 2.05) is 12.1 Å². The van der Waals surface area contributed by atoms with Crippen molar-refractivity contribution in [2.24, 2.45) is 5.92 Å². The average Bonchev–Trinajstić information content (AvgIpc) is 3.35. The number of rotatable bonds is 11. The van der Waals surface area contributed by atoms with E-state index in [1.54, 1.807) is 13.3 Å². The lowest BCUT2D eigenvalue weighted by molar-refractivity contribution is 0.337. The fraction of sp³-hybridized carbons (Fsp3) is 0.600. The summed E-state index contributed by atoms with van der Waals surface area (Å²) >= 11 is 0. The van der Waals surface area contributed by atoms with Gasteiger partial charge in [-0.05, 0) is 81.9 Å². The molecule has 0 unspecified atom stereocenters. The van der Waals surface area contributed by atoms with Crippen LogP contribution in [-0.2, 0) is 0 Å². The SMILES string of the molecule is COc1ccc(NCCCN2CCCC2)cc1Nc1nccc(NCC2CCCCC2)n1. The van der Waals surface area contributed by atoms with Gasteiger partial charge in [0.1, 0.15) is 11.6 Å². The lowest BCUT2D eigenvalue weighted by Gasteiger charge is -2.22. The Balaban J connectivity index is 1.32. The number of benzene rings is 1. The second kappa shape index (κ2) is 11.9. The van der Waals surface area contributed by atoms with E-state index in [0.29, 0.717) is 5.95 Å². The zero-order valence-corrected chi connectivity index (χ0v) is 19.4. The number of aromatic nitrogens is 2. The molecule has 7 heteroatoms. The molecule has 32 heavy (non-hydrogen) atoms. The van der Waals surface area contributed by atoms with E-state index >= 15 is 0 Å². The Labute approximate surface area is 192 Å². The molecule has 1 saturated carbocycles. The summed E-state index contributed by atoms with van der Waals surface area (Å²) in [6.07, 6.45) is 12.4. The van der Waals surface area contributed by atoms with Gasteiger partial charge in [-0.2, -0.15) is 4.98 Å². The van der Waals surface area contributed by atoms with Crippen molar-refractivity contribution in [3.05, 3.63) is 30.5 Å². The second-order valence-corrected chi connectivity index (χ2v) is 9.02. The number of hydrogen-bond donors (Lipinski definition) is 3. The van der Waals surface area contributed by atoms with Crippen LogP contribution in [0.2, 0.25) is 0 Å². The molecule has 1 aliphatic heterocycles. The van der Waals surface area contributed by atoms with Crippen LogP contribution in [0.5, 0.6) is 5.75 Å². The number of nitrogens with zero attached hydrogens (tertiary/aromatic N) is 3. The van der Waals surface area contributed by atoms with Gasteiger partial charge >= 0.3 is 0 Å². The fourth-order valence-electron chi connectivity index (χ4n) is 4.74. The third kappa shape index (κ3) is 6.73. The predicted molar refractivity (Wildman–Crippen MR) is 132 cm³/mol. The number of hydrogen-bond acceptors (Lipinski definition) is 7. The van der Waals surface area contributed by atoms with Crippen LogP contribution >= 0.6 is 0 Å². The molecular weight excluding hydrogens is 400 g/mol. The first-order chi connectivity index (χ1) is 15.8. The van der Waals surface area contributed by atoms with E-state index < -0.39 is 0 Å². The summed E-state index contributed by atoms with van der Waals surface area (Å²) in [5.41, 5.74) is 1.93. The summed E-state index contributed by atoms with van der Waals surface area (Å²) in [6.45, 7) is 5.62. The van der Waals surface area contributed by atoms with Gasteiger partial charge in [0.2, 0.25) is 5.95 Å². The maximum Gasteiger partial charge on any atom is 0.229 e. The van der Waals surface area contributed by atoms with Crippen molar-refractivity contribution < 1.29 is 4.74 Å². The van der Waals surface area contributed by atoms with E-state index in [0.717, 1.165) is 48.4 Å². The fourth-order valence-corrected chi connectivity index (χ4v) is 4.74. The lowest BCUT2D eigenvalue weighted by atomic mass is 9.89. The number of anilines is 4. The van der Waals surface area contributed by atoms with Gasteiger partial charge < -0.3 is 25.6 Å². The Morgan fingerprint density at radius 1 is 1.03 bits per heavy atom. The number of ether oxygens (including phenoxy) is 1. The molecular formula is C25H38N6O. The van der Waals surface area contributed by atoms with Crippen LogP contribution in [0.15, 0.2) is 30.5 Å². The first kappa shape index (κ1) is 22.6. The standard InChI is InChI=1S/C25H38N6O/c1-32-23-11-10-21(26-13-7-17-31-15-5-6-16-31)18-22(23)29-25-27-14-12-24(30-25)28-19-20-8-3-2-4-9-20/h10-12,14,18,20,26H,2-9,13,15-17,19H2,1H3,(H2,27,28,29,30). The molecule has 0 bridgehead atoms. The molecule has 2 heterocycles. The highest BCUT2D eigenvalue weighted by Gasteiger charge is 2.14. The minimum absolute atomic E-state index is 0.572. The molecule has 2 aromatic rings. The molecule has 1 saturated heterocycles. The largest absolute Gasteiger partial charge is 0.495 e. The van der Waals surface area contributed by atoms with Crippen molar-refractivity contribution in [3.63, 3.8) is 0 Å². The summed E-state index contributed by atoms with van der Waals surface area (Å²) in [4.78, 5) is 11.6. The summed E-state index contributed by atoms with van der Waals surface area (Å²) < 4.78 is 5.55. The monoisotopic (exact) mass is 438 g/mol.